The van der Waals surface area contributed by atoms with Gasteiger partial charge >= 0.3 is 6.09 Å². The first-order chi connectivity index (χ1) is 12.1. The van der Waals surface area contributed by atoms with Gasteiger partial charge in [0, 0.05) is 11.6 Å². The van der Waals surface area contributed by atoms with E-state index in [-0.39, 0.29) is 18.3 Å². The van der Waals surface area contributed by atoms with Gasteiger partial charge in [0.05, 0.1) is 30.1 Å². The molecule has 1 amide bonds. The molecule has 130 valence electrons. The lowest BCUT2D eigenvalue weighted by atomic mass is 9.96. The Hall–Kier alpha value is -2.52. The van der Waals surface area contributed by atoms with Crippen LogP contribution >= 0.6 is 15.9 Å². The van der Waals surface area contributed by atoms with Crippen LogP contribution in [0, 0.1) is 0 Å². The Morgan fingerprint density at radius 2 is 2.12 bits per heavy atom. The third-order valence-corrected chi connectivity index (χ3v) is 4.92. The molecular formula is C16H15BrN4O4. The number of nitrogens with two attached hydrogens (primary N) is 1. The number of carboxylic acid groups (broad SMARTS) is 1. The monoisotopic (exact) mass is 406 g/mol. The second-order valence-electron chi connectivity index (χ2n) is 5.80. The van der Waals surface area contributed by atoms with E-state index in [4.69, 9.17) is 15.3 Å². The number of hydrogen-bond donors (Lipinski definition) is 3. The molecule has 0 radical (unpaired) electrons. The zero-order valence-electron chi connectivity index (χ0n) is 13.0. The van der Waals surface area contributed by atoms with Gasteiger partial charge in [-0.3, -0.25) is 4.90 Å². The fraction of sp³-hybridized carbons (Fsp3) is 0.250. The molecule has 2 aliphatic rings. The number of aromatic nitrogens is 1. The Morgan fingerprint density at radius 1 is 1.36 bits per heavy atom. The van der Waals surface area contributed by atoms with Crippen LogP contribution < -0.4 is 25.6 Å². The largest absolute Gasteiger partial charge is 0.493 e. The van der Waals surface area contributed by atoms with Crippen LogP contribution in [0.15, 0.2) is 28.7 Å². The van der Waals surface area contributed by atoms with Crippen molar-refractivity contribution in [2.45, 2.75) is 12.5 Å². The first kappa shape index (κ1) is 16.0. The summed E-state index contributed by atoms with van der Waals surface area (Å²) in [5.74, 6) is 7.18. The molecule has 0 unspecified atom stereocenters. The van der Waals surface area contributed by atoms with Gasteiger partial charge in [0.25, 0.3) is 0 Å². The smallest absolute Gasteiger partial charge is 0.413 e. The highest BCUT2D eigenvalue weighted by Gasteiger charge is 2.33. The molecule has 9 heteroatoms. The summed E-state index contributed by atoms with van der Waals surface area (Å²) in [5.41, 5.74) is 4.33. The molecule has 0 spiro atoms. The standard InChI is InChI=1S/C16H15BrN4O4/c17-10-4-12-15(19-14(10)20-18)21(16(22)23)5-8-2-1-3-11-13(8)9(6-24-11)7-25-12/h1-4,9H,5-7,18H2,(H,19,20)(H,22,23)/t9-/m1/s1. The van der Waals surface area contributed by atoms with Gasteiger partial charge < -0.3 is 20.0 Å². The summed E-state index contributed by atoms with van der Waals surface area (Å²) in [6.07, 6.45) is -1.13. The SMILES string of the molecule is NNc1nc2c(cc1Br)OC[C@H]1COc3cccc(c31)CN2C(=O)O. The van der Waals surface area contributed by atoms with Gasteiger partial charge in [0.2, 0.25) is 0 Å². The summed E-state index contributed by atoms with van der Waals surface area (Å²) in [5, 5.41) is 9.74. The van der Waals surface area contributed by atoms with Crippen molar-refractivity contribution in [2.75, 3.05) is 23.5 Å². The van der Waals surface area contributed by atoms with Crippen molar-refractivity contribution < 1.29 is 19.4 Å². The average molecular weight is 407 g/mol. The molecule has 1 aromatic carbocycles. The summed E-state index contributed by atoms with van der Waals surface area (Å²) in [6.45, 7) is 1.02. The third-order valence-electron chi connectivity index (χ3n) is 4.32. The van der Waals surface area contributed by atoms with Gasteiger partial charge in [-0.15, -0.1) is 0 Å². The van der Waals surface area contributed by atoms with Crippen LogP contribution in [0.2, 0.25) is 0 Å². The van der Waals surface area contributed by atoms with E-state index in [0.717, 1.165) is 21.8 Å². The second kappa shape index (κ2) is 6.08. The minimum atomic E-state index is -1.13. The van der Waals surface area contributed by atoms with E-state index in [0.29, 0.717) is 29.3 Å². The number of nitrogen functional groups attached to an aromatic ring is 1. The highest BCUT2D eigenvalue weighted by atomic mass is 79.9. The quantitative estimate of drug-likeness (QED) is 0.493. The summed E-state index contributed by atoms with van der Waals surface area (Å²) in [7, 11) is 0. The molecule has 2 aromatic rings. The average Bonchev–Trinajstić information content (AvgIpc) is 3.03. The van der Waals surface area contributed by atoms with Crippen molar-refractivity contribution in [3.63, 3.8) is 0 Å². The molecule has 0 bridgehead atoms. The topological polar surface area (TPSA) is 110 Å². The Balaban J connectivity index is 1.88. The predicted molar refractivity (Wildman–Crippen MR) is 94.1 cm³/mol. The number of hydrazine groups is 1. The number of pyridine rings is 1. The molecule has 0 fully saturated rings. The molecule has 0 aliphatic carbocycles. The lowest BCUT2D eigenvalue weighted by molar-refractivity contribution is 0.200. The van der Waals surface area contributed by atoms with Gasteiger partial charge in [-0.25, -0.2) is 15.6 Å². The summed E-state index contributed by atoms with van der Waals surface area (Å²) < 4.78 is 12.2. The first-order valence-electron chi connectivity index (χ1n) is 7.63. The van der Waals surface area contributed by atoms with Crippen LogP contribution in [0.5, 0.6) is 11.5 Å². The van der Waals surface area contributed by atoms with E-state index < -0.39 is 6.09 Å². The van der Waals surface area contributed by atoms with Crippen LogP contribution in [-0.4, -0.2) is 29.4 Å². The lowest BCUT2D eigenvalue weighted by Gasteiger charge is -2.21. The number of rotatable bonds is 1. The molecule has 1 atom stereocenters. The van der Waals surface area contributed by atoms with E-state index in [2.05, 4.69) is 26.3 Å². The molecule has 8 nitrogen and oxygen atoms in total. The van der Waals surface area contributed by atoms with Crippen molar-refractivity contribution in [1.82, 2.24) is 4.98 Å². The fourth-order valence-electron chi connectivity index (χ4n) is 3.18. The fourth-order valence-corrected chi connectivity index (χ4v) is 3.59. The number of ether oxygens (including phenoxy) is 2. The van der Waals surface area contributed by atoms with Gasteiger partial charge in [-0.2, -0.15) is 0 Å². The number of fused-ring (bicyclic) bond motifs is 1. The minimum absolute atomic E-state index is 0.0406. The molecule has 1 aromatic heterocycles. The molecule has 0 saturated heterocycles. The van der Waals surface area contributed by atoms with Crippen LogP contribution in [-0.2, 0) is 6.54 Å². The highest BCUT2D eigenvalue weighted by Crippen LogP contribution is 2.41. The van der Waals surface area contributed by atoms with Crippen LogP contribution in [0.4, 0.5) is 16.4 Å². The van der Waals surface area contributed by atoms with Gasteiger partial charge in [-0.1, -0.05) is 12.1 Å². The van der Waals surface area contributed by atoms with Crippen molar-refractivity contribution >= 4 is 33.7 Å². The van der Waals surface area contributed by atoms with Crippen molar-refractivity contribution in [3.8, 4) is 11.5 Å². The molecular weight excluding hydrogens is 392 g/mol. The Morgan fingerprint density at radius 3 is 2.84 bits per heavy atom. The molecule has 4 N–H and O–H groups in total. The summed E-state index contributed by atoms with van der Waals surface area (Å²) in [6, 6.07) is 7.32. The van der Waals surface area contributed by atoms with Crippen molar-refractivity contribution in [3.05, 3.63) is 39.9 Å². The number of halogens is 1. The Kier molecular flexibility index (Phi) is 3.89. The summed E-state index contributed by atoms with van der Waals surface area (Å²) in [4.78, 5) is 17.4. The normalized spacial score (nSPS) is 18.0. The van der Waals surface area contributed by atoms with E-state index in [1.807, 2.05) is 18.2 Å². The highest BCUT2D eigenvalue weighted by molar-refractivity contribution is 9.10. The number of amides is 1. The zero-order valence-corrected chi connectivity index (χ0v) is 14.6. The van der Waals surface area contributed by atoms with E-state index in [1.54, 1.807) is 6.07 Å². The number of benzene rings is 1. The van der Waals surface area contributed by atoms with Gasteiger partial charge in [0.15, 0.2) is 17.4 Å². The number of nitrogens with zero attached hydrogens (tertiary/aromatic N) is 2. The van der Waals surface area contributed by atoms with E-state index in [1.165, 1.54) is 0 Å². The maximum absolute atomic E-state index is 11.9. The van der Waals surface area contributed by atoms with Crippen molar-refractivity contribution in [1.29, 1.82) is 0 Å². The number of nitrogens with one attached hydrogen (secondary N) is 1. The van der Waals surface area contributed by atoms with Crippen LogP contribution in [0.3, 0.4) is 0 Å². The molecule has 2 aliphatic heterocycles. The number of anilines is 2. The maximum Gasteiger partial charge on any atom is 0.413 e. The Labute approximate surface area is 151 Å². The van der Waals surface area contributed by atoms with Crippen LogP contribution in [0.1, 0.15) is 17.0 Å². The molecule has 25 heavy (non-hydrogen) atoms. The molecule has 3 heterocycles. The molecule has 4 rings (SSSR count). The predicted octanol–water partition coefficient (Wildman–Crippen LogP) is 2.68. The summed E-state index contributed by atoms with van der Waals surface area (Å²) >= 11 is 3.35. The van der Waals surface area contributed by atoms with Crippen molar-refractivity contribution in [2.24, 2.45) is 5.84 Å². The van der Waals surface area contributed by atoms with Gasteiger partial charge in [0.1, 0.15) is 5.75 Å². The lowest BCUT2D eigenvalue weighted by Crippen LogP contribution is -2.30. The van der Waals surface area contributed by atoms with E-state index >= 15 is 0 Å². The first-order valence-corrected chi connectivity index (χ1v) is 8.42. The van der Waals surface area contributed by atoms with E-state index in [9.17, 15) is 9.90 Å². The Bertz CT molecular complexity index is 860. The zero-order chi connectivity index (χ0) is 17.6. The molecule has 0 saturated carbocycles. The third kappa shape index (κ3) is 2.65. The number of hydrogen-bond acceptors (Lipinski definition) is 6. The minimum Gasteiger partial charge on any atom is -0.493 e. The second-order valence-corrected chi connectivity index (χ2v) is 6.66. The maximum atomic E-state index is 11.9. The van der Waals surface area contributed by atoms with Crippen LogP contribution in [0.25, 0.3) is 0 Å². The van der Waals surface area contributed by atoms with Gasteiger partial charge in [-0.05, 0) is 27.6 Å². The number of carbonyl (C=O) groups is 1.